The minimum absolute atomic E-state index is 0.217. The maximum atomic E-state index is 12.3. The average Bonchev–Trinajstić information content (AvgIpc) is 3.12. The van der Waals surface area contributed by atoms with Crippen LogP contribution < -0.4 is 10.6 Å². The van der Waals surface area contributed by atoms with Gasteiger partial charge in [-0.25, -0.2) is 9.59 Å². The lowest BCUT2D eigenvalue weighted by atomic mass is 10.1. The lowest BCUT2D eigenvalue weighted by Gasteiger charge is -2.19. The van der Waals surface area contributed by atoms with E-state index in [1.54, 1.807) is 39.0 Å². The van der Waals surface area contributed by atoms with Crippen molar-refractivity contribution in [3.63, 3.8) is 0 Å². The summed E-state index contributed by atoms with van der Waals surface area (Å²) in [5, 5.41) is 5.31. The number of esters is 1. The van der Waals surface area contributed by atoms with Crippen molar-refractivity contribution in [3.8, 4) is 0 Å². The third-order valence-electron chi connectivity index (χ3n) is 4.46. The second kappa shape index (κ2) is 8.98. The van der Waals surface area contributed by atoms with E-state index in [4.69, 9.17) is 9.47 Å². The van der Waals surface area contributed by atoms with Gasteiger partial charge in [0.25, 0.3) is 5.91 Å². The highest BCUT2D eigenvalue weighted by Gasteiger charge is 2.17. The molecule has 3 rings (SSSR count). The Balaban J connectivity index is 1.52. The van der Waals surface area contributed by atoms with Crippen LogP contribution in [0.1, 0.15) is 48.7 Å². The Morgan fingerprint density at radius 2 is 1.67 bits per heavy atom. The van der Waals surface area contributed by atoms with Gasteiger partial charge in [-0.15, -0.1) is 0 Å². The summed E-state index contributed by atoms with van der Waals surface area (Å²) in [5.74, 6) is -1.07. The molecular formula is C23H26N2O5. The van der Waals surface area contributed by atoms with Crippen molar-refractivity contribution in [1.82, 2.24) is 0 Å². The largest absolute Gasteiger partial charge is 0.452 e. The van der Waals surface area contributed by atoms with E-state index in [0.29, 0.717) is 11.4 Å². The van der Waals surface area contributed by atoms with Gasteiger partial charge in [-0.2, -0.15) is 0 Å². The van der Waals surface area contributed by atoms with Crippen molar-refractivity contribution < 1.29 is 23.9 Å². The Hall–Kier alpha value is -3.35. The van der Waals surface area contributed by atoms with Crippen LogP contribution in [0.5, 0.6) is 0 Å². The summed E-state index contributed by atoms with van der Waals surface area (Å²) in [5.41, 5.74) is 3.24. The van der Waals surface area contributed by atoms with Gasteiger partial charge in [0.05, 0.1) is 5.56 Å². The molecule has 0 aromatic heterocycles. The number of ether oxygens (including phenoxy) is 2. The number of fused-ring (bicyclic) bond motifs is 1. The van der Waals surface area contributed by atoms with E-state index in [9.17, 15) is 14.4 Å². The van der Waals surface area contributed by atoms with Crippen LogP contribution in [0.4, 0.5) is 16.2 Å². The molecule has 0 heterocycles. The molecule has 2 aromatic carbocycles. The van der Waals surface area contributed by atoms with Crippen molar-refractivity contribution >= 4 is 29.3 Å². The fourth-order valence-corrected chi connectivity index (χ4v) is 3.21. The quantitative estimate of drug-likeness (QED) is 0.716. The normalized spacial score (nSPS) is 12.6. The first-order valence-electron chi connectivity index (χ1n) is 9.88. The Morgan fingerprint density at radius 1 is 0.933 bits per heavy atom. The maximum Gasteiger partial charge on any atom is 0.412 e. The Kier molecular flexibility index (Phi) is 6.40. The minimum Gasteiger partial charge on any atom is -0.452 e. The number of hydrogen-bond donors (Lipinski definition) is 2. The smallest absolute Gasteiger partial charge is 0.412 e. The summed E-state index contributed by atoms with van der Waals surface area (Å²) >= 11 is 0. The number of anilines is 2. The third kappa shape index (κ3) is 6.07. The number of carbonyl (C=O) groups is 3. The zero-order valence-electron chi connectivity index (χ0n) is 17.4. The molecule has 7 heteroatoms. The molecule has 0 aliphatic heterocycles. The van der Waals surface area contributed by atoms with Crippen molar-refractivity contribution in [3.05, 3.63) is 59.2 Å². The molecule has 0 fully saturated rings. The molecular weight excluding hydrogens is 384 g/mol. The van der Waals surface area contributed by atoms with Gasteiger partial charge in [0.2, 0.25) is 0 Å². The zero-order chi connectivity index (χ0) is 21.7. The van der Waals surface area contributed by atoms with E-state index in [-0.39, 0.29) is 5.56 Å². The summed E-state index contributed by atoms with van der Waals surface area (Å²) in [6.07, 6.45) is 2.60. The van der Waals surface area contributed by atoms with Gasteiger partial charge in [-0.3, -0.25) is 10.1 Å². The standard InChI is InChI=1S/C23H26N2O5/c1-23(2,3)30-22(28)25-18-9-5-8-17(13-18)21(27)29-14-20(26)24-19-11-10-15-6-4-7-16(15)12-19/h5,8-13H,4,6-7,14H2,1-3H3,(H,24,26)(H,25,28). The summed E-state index contributed by atoms with van der Waals surface area (Å²) in [7, 11) is 0. The van der Waals surface area contributed by atoms with Crippen molar-refractivity contribution in [2.45, 2.75) is 45.6 Å². The first kappa shape index (κ1) is 21.4. The fraction of sp³-hybridized carbons (Fsp3) is 0.348. The molecule has 2 N–H and O–H groups in total. The molecule has 2 aromatic rings. The molecule has 1 aliphatic rings. The topological polar surface area (TPSA) is 93.7 Å². The number of carbonyl (C=O) groups excluding carboxylic acids is 3. The monoisotopic (exact) mass is 410 g/mol. The zero-order valence-corrected chi connectivity index (χ0v) is 17.4. The second-order valence-corrected chi connectivity index (χ2v) is 8.17. The van der Waals surface area contributed by atoms with Crippen LogP contribution in [0.2, 0.25) is 0 Å². The number of nitrogens with one attached hydrogen (secondary N) is 2. The van der Waals surface area contributed by atoms with Crippen molar-refractivity contribution in [2.24, 2.45) is 0 Å². The van der Waals surface area contributed by atoms with E-state index in [1.165, 1.54) is 17.2 Å². The molecule has 0 saturated heterocycles. The second-order valence-electron chi connectivity index (χ2n) is 8.17. The molecule has 7 nitrogen and oxygen atoms in total. The van der Waals surface area contributed by atoms with Crippen LogP contribution in [-0.4, -0.2) is 30.2 Å². The number of benzene rings is 2. The molecule has 0 unspecified atom stereocenters. The summed E-state index contributed by atoms with van der Waals surface area (Å²) < 4.78 is 10.3. The van der Waals surface area contributed by atoms with E-state index < -0.39 is 30.2 Å². The molecule has 0 spiro atoms. The van der Waals surface area contributed by atoms with Crippen LogP contribution in [0, 0.1) is 0 Å². The van der Waals surface area contributed by atoms with Crippen LogP contribution >= 0.6 is 0 Å². The van der Waals surface area contributed by atoms with Gasteiger partial charge >= 0.3 is 12.1 Å². The third-order valence-corrected chi connectivity index (χ3v) is 4.46. The predicted octanol–water partition coefficient (Wildman–Crippen LogP) is 4.32. The Bertz CT molecular complexity index is 962. The first-order valence-corrected chi connectivity index (χ1v) is 9.88. The minimum atomic E-state index is -0.660. The van der Waals surface area contributed by atoms with Gasteiger partial charge in [-0.05, 0) is 81.5 Å². The first-order chi connectivity index (χ1) is 14.2. The molecule has 0 radical (unpaired) electrons. The lowest BCUT2D eigenvalue weighted by molar-refractivity contribution is -0.119. The van der Waals surface area contributed by atoms with E-state index in [2.05, 4.69) is 10.6 Å². The Morgan fingerprint density at radius 3 is 2.43 bits per heavy atom. The highest BCUT2D eigenvalue weighted by Crippen LogP contribution is 2.24. The molecule has 1 aliphatic carbocycles. The number of amides is 2. The molecule has 158 valence electrons. The van der Waals surface area contributed by atoms with Crippen molar-refractivity contribution in [2.75, 3.05) is 17.2 Å². The average molecular weight is 410 g/mol. The summed E-state index contributed by atoms with van der Waals surface area (Å²) in [6.45, 7) is 4.87. The number of aryl methyl sites for hydroxylation is 2. The van der Waals surface area contributed by atoms with E-state index in [1.807, 2.05) is 18.2 Å². The van der Waals surface area contributed by atoms with Crippen molar-refractivity contribution in [1.29, 1.82) is 0 Å². The molecule has 0 bridgehead atoms. The molecule has 30 heavy (non-hydrogen) atoms. The number of rotatable bonds is 5. The predicted molar refractivity (Wildman–Crippen MR) is 114 cm³/mol. The van der Waals surface area contributed by atoms with Gasteiger partial charge in [0, 0.05) is 11.4 Å². The van der Waals surface area contributed by atoms with Gasteiger partial charge in [0.1, 0.15) is 5.60 Å². The molecule has 0 saturated carbocycles. The number of hydrogen-bond acceptors (Lipinski definition) is 5. The molecule has 2 amide bonds. The fourth-order valence-electron chi connectivity index (χ4n) is 3.21. The Labute approximate surface area is 175 Å². The van der Waals surface area contributed by atoms with E-state index in [0.717, 1.165) is 19.3 Å². The van der Waals surface area contributed by atoms with Crippen LogP contribution in [0.15, 0.2) is 42.5 Å². The van der Waals surface area contributed by atoms with Gasteiger partial charge < -0.3 is 14.8 Å². The summed E-state index contributed by atoms with van der Waals surface area (Å²) in [4.78, 5) is 36.3. The van der Waals surface area contributed by atoms with Crippen LogP contribution in [0.3, 0.4) is 0 Å². The van der Waals surface area contributed by atoms with Gasteiger partial charge in [-0.1, -0.05) is 12.1 Å². The maximum absolute atomic E-state index is 12.3. The lowest BCUT2D eigenvalue weighted by Crippen LogP contribution is -2.27. The SMILES string of the molecule is CC(C)(C)OC(=O)Nc1cccc(C(=O)OCC(=O)Nc2ccc3c(c2)CCC3)c1. The van der Waals surface area contributed by atoms with E-state index >= 15 is 0 Å². The van der Waals surface area contributed by atoms with Gasteiger partial charge in [0.15, 0.2) is 6.61 Å². The summed E-state index contributed by atoms with van der Waals surface area (Å²) in [6, 6.07) is 12.1. The highest BCUT2D eigenvalue weighted by molar-refractivity contribution is 5.96. The molecule has 0 atom stereocenters. The highest BCUT2D eigenvalue weighted by atomic mass is 16.6. The van der Waals surface area contributed by atoms with Crippen LogP contribution in [0.25, 0.3) is 0 Å². The van der Waals surface area contributed by atoms with Crippen LogP contribution in [-0.2, 0) is 27.1 Å².